The van der Waals surface area contributed by atoms with Crippen molar-refractivity contribution >= 4 is 15.7 Å². The van der Waals surface area contributed by atoms with Crippen molar-refractivity contribution < 1.29 is 35.5 Å². The van der Waals surface area contributed by atoms with Crippen LogP contribution < -0.4 is 4.31 Å². The number of halogens is 5. The lowest BCUT2D eigenvalue weighted by Crippen LogP contribution is -2.34. The predicted molar refractivity (Wildman–Crippen MR) is 79.4 cm³/mol. The van der Waals surface area contributed by atoms with Gasteiger partial charge in [-0.3, -0.25) is 4.31 Å². The van der Waals surface area contributed by atoms with E-state index in [4.69, 9.17) is 5.11 Å². The highest BCUT2D eigenvalue weighted by molar-refractivity contribution is 7.92. The van der Waals surface area contributed by atoms with E-state index in [1.54, 1.807) is 0 Å². The molecule has 0 aliphatic heterocycles. The van der Waals surface area contributed by atoms with E-state index in [2.05, 4.69) is 0 Å². The molecule has 2 rings (SSSR count). The summed E-state index contributed by atoms with van der Waals surface area (Å²) in [4.78, 5) is -0.558. The smallest absolute Gasteiger partial charge is 0.394 e. The van der Waals surface area contributed by atoms with Gasteiger partial charge in [0.25, 0.3) is 10.0 Å². The van der Waals surface area contributed by atoms with Crippen molar-refractivity contribution in [2.45, 2.75) is 11.1 Å². The number of anilines is 1. The Balaban J connectivity index is 2.51. The van der Waals surface area contributed by atoms with Crippen LogP contribution in [0.2, 0.25) is 0 Å². The Morgan fingerprint density at radius 1 is 1.00 bits per heavy atom. The largest absolute Gasteiger partial charge is 0.416 e. The molecule has 0 bridgehead atoms. The van der Waals surface area contributed by atoms with Gasteiger partial charge in [-0.15, -0.1) is 0 Å². The van der Waals surface area contributed by atoms with Crippen molar-refractivity contribution in [3.63, 3.8) is 0 Å². The molecule has 0 saturated carbocycles. The van der Waals surface area contributed by atoms with Crippen LogP contribution >= 0.6 is 0 Å². The van der Waals surface area contributed by atoms with Gasteiger partial charge in [0.05, 0.1) is 29.3 Å². The van der Waals surface area contributed by atoms with Gasteiger partial charge in [0.15, 0.2) is 0 Å². The number of rotatable bonds is 5. The van der Waals surface area contributed by atoms with Crippen LogP contribution in [0.5, 0.6) is 0 Å². The Morgan fingerprint density at radius 3 is 2.12 bits per heavy atom. The number of aliphatic hydroxyl groups is 1. The van der Waals surface area contributed by atoms with Crippen LogP contribution in [0, 0.1) is 11.6 Å². The predicted octanol–water partition coefficient (Wildman–Crippen LogP) is 3.17. The van der Waals surface area contributed by atoms with Crippen LogP contribution in [0.4, 0.5) is 27.6 Å². The van der Waals surface area contributed by atoms with Crippen molar-refractivity contribution in [3.05, 3.63) is 59.7 Å². The maximum absolute atomic E-state index is 13.9. The van der Waals surface area contributed by atoms with Crippen LogP contribution in [0.25, 0.3) is 0 Å². The van der Waals surface area contributed by atoms with Gasteiger partial charge < -0.3 is 5.11 Å². The summed E-state index contributed by atoms with van der Waals surface area (Å²) in [5, 5.41) is 9.05. The Hall–Kier alpha value is -2.20. The van der Waals surface area contributed by atoms with E-state index in [1.807, 2.05) is 0 Å². The first-order chi connectivity index (χ1) is 11.6. The Morgan fingerprint density at radius 2 is 1.60 bits per heavy atom. The summed E-state index contributed by atoms with van der Waals surface area (Å²) in [5.74, 6) is -1.98. The van der Waals surface area contributed by atoms with Gasteiger partial charge >= 0.3 is 6.18 Å². The van der Waals surface area contributed by atoms with Crippen molar-refractivity contribution in [1.82, 2.24) is 0 Å². The zero-order chi connectivity index (χ0) is 18.8. The number of benzene rings is 2. The summed E-state index contributed by atoms with van der Waals surface area (Å²) >= 11 is 0. The fraction of sp³-hybridized carbons (Fsp3) is 0.200. The average molecular weight is 381 g/mol. The zero-order valence-corrected chi connectivity index (χ0v) is 13.3. The molecule has 1 N–H and O–H groups in total. The second-order valence-corrected chi connectivity index (χ2v) is 6.78. The number of alkyl halides is 3. The molecule has 0 heterocycles. The van der Waals surface area contributed by atoms with Crippen molar-refractivity contribution in [2.24, 2.45) is 0 Å². The molecule has 4 nitrogen and oxygen atoms in total. The summed E-state index contributed by atoms with van der Waals surface area (Å²) in [6.45, 7) is -1.32. The summed E-state index contributed by atoms with van der Waals surface area (Å²) in [6.07, 6.45) is -4.65. The summed E-state index contributed by atoms with van der Waals surface area (Å²) < 4.78 is 90.6. The first-order valence-electron chi connectivity index (χ1n) is 6.83. The molecule has 0 aromatic heterocycles. The number of nitrogens with zero attached hydrogens (tertiary/aromatic N) is 1. The van der Waals surface area contributed by atoms with Crippen molar-refractivity contribution in [3.8, 4) is 0 Å². The third kappa shape index (κ3) is 4.07. The SMILES string of the molecule is O=S(=O)(c1ccc(C(F)(F)F)cc1)N(CCO)c1cc(F)ccc1F. The first-order valence-corrected chi connectivity index (χ1v) is 8.27. The third-order valence-electron chi connectivity index (χ3n) is 3.25. The van der Waals surface area contributed by atoms with Gasteiger partial charge in [-0.2, -0.15) is 13.2 Å². The molecular weight excluding hydrogens is 369 g/mol. The van der Waals surface area contributed by atoms with Crippen LogP contribution in [-0.4, -0.2) is 26.7 Å². The number of hydrogen-bond acceptors (Lipinski definition) is 3. The number of sulfonamides is 1. The minimum atomic E-state index is -4.65. The van der Waals surface area contributed by atoms with E-state index in [0.29, 0.717) is 40.7 Å². The van der Waals surface area contributed by atoms with Gasteiger partial charge in [0, 0.05) is 6.07 Å². The normalized spacial score (nSPS) is 12.2. The van der Waals surface area contributed by atoms with Gasteiger partial charge in [-0.05, 0) is 36.4 Å². The number of aliphatic hydroxyl groups excluding tert-OH is 1. The molecule has 0 radical (unpaired) electrons. The molecule has 0 saturated heterocycles. The third-order valence-corrected chi connectivity index (χ3v) is 5.08. The highest BCUT2D eigenvalue weighted by Gasteiger charge is 2.32. The molecule has 0 aliphatic carbocycles. The van der Waals surface area contributed by atoms with E-state index in [-0.39, 0.29) is 0 Å². The second-order valence-electron chi connectivity index (χ2n) is 4.92. The van der Waals surface area contributed by atoms with Crippen LogP contribution in [0.15, 0.2) is 47.4 Å². The molecule has 0 amide bonds. The fourth-order valence-electron chi connectivity index (χ4n) is 2.08. The molecule has 0 spiro atoms. The van der Waals surface area contributed by atoms with Crippen LogP contribution in [-0.2, 0) is 16.2 Å². The quantitative estimate of drug-likeness (QED) is 0.810. The summed E-state index contributed by atoms with van der Waals surface area (Å²) in [5.41, 5.74) is -1.72. The van der Waals surface area contributed by atoms with E-state index < -0.39 is 57.1 Å². The van der Waals surface area contributed by atoms with Crippen molar-refractivity contribution in [1.29, 1.82) is 0 Å². The lowest BCUT2D eigenvalue weighted by Gasteiger charge is -2.24. The van der Waals surface area contributed by atoms with Gasteiger partial charge in [-0.1, -0.05) is 0 Å². The highest BCUT2D eigenvalue weighted by atomic mass is 32.2. The molecule has 0 unspecified atom stereocenters. The van der Waals surface area contributed by atoms with E-state index in [9.17, 15) is 30.4 Å². The Kier molecular flexibility index (Phi) is 5.33. The molecular formula is C15H12F5NO3S. The molecule has 0 fully saturated rings. The molecule has 0 aliphatic rings. The second kappa shape index (κ2) is 6.96. The summed E-state index contributed by atoms with van der Waals surface area (Å²) in [6, 6.07) is 4.64. The van der Waals surface area contributed by atoms with Gasteiger partial charge in [0.2, 0.25) is 0 Å². The topological polar surface area (TPSA) is 57.6 Å². The average Bonchev–Trinajstić information content (AvgIpc) is 2.54. The minimum Gasteiger partial charge on any atom is -0.394 e. The molecule has 25 heavy (non-hydrogen) atoms. The molecule has 2 aromatic carbocycles. The first kappa shape index (κ1) is 19.1. The van der Waals surface area contributed by atoms with E-state index >= 15 is 0 Å². The van der Waals surface area contributed by atoms with Gasteiger partial charge in [0.1, 0.15) is 11.6 Å². The Bertz CT molecular complexity index is 850. The lowest BCUT2D eigenvalue weighted by molar-refractivity contribution is -0.137. The molecule has 2 aromatic rings. The molecule has 136 valence electrons. The monoisotopic (exact) mass is 381 g/mol. The van der Waals surface area contributed by atoms with Crippen molar-refractivity contribution in [2.75, 3.05) is 17.5 Å². The maximum Gasteiger partial charge on any atom is 0.416 e. The summed E-state index contributed by atoms with van der Waals surface area (Å²) in [7, 11) is -4.52. The minimum absolute atomic E-state index is 0.397. The lowest BCUT2D eigenvalue weighted by atomic mass is 10.2. The fourth-order valence-corrected chi connectivity index (χ4v) is 3.54. The van der Waals surface area contributed by atoms with E-state index in [0.717, 1.165) is 6.07 Å². The highest BCUT2D eigenvalue weighted by Crippen LogP contribution is 2.31. The standard InChI is InChI=1S/C15H12F5NO3S/c16-11-3-6-13(17)14(9-11)21(7-8-22)25(23,24)12-4-1-10(2-5-12)15(18,19)20/h1-6,9,22H,7-8H2. The van der Waals surface area contributed by atoms with Crippen LogP contribution in [0.1, 0.15) is 5.56 Å². The Labute approximate surface area is 140 Å². The number of hydrogen-bond donors (Lipinski definition) is 1. The van der Waals surface area contributed by atoms with Crippen LogP contribution in [0.3, 0.4) is 0 Å². The van der Waals surface area contributed by atoms with E-state index in [1.165, 1.54) is 0 Å². The molecule has 10 heteroatoms. The molecule has 0 atom stereocenters. The van der Waals surface area contributed by atoms with Gasteiger partial charge in [-0.25, -0.2) is 17.2 Å². The zero-order valence-electron chi connectivity index (χ0n) is 12.5. The maximum atomic E-state index is 13.9.